The third-order valence-corrected chi connectivity index (χ3v) is 4.62. The van der Waals surface area contributed by atoms with Gasteiger partial charge in [-0.15, -0.1) is 0 Å². The van der Waals surface area contributed by atoms with Crippen LogP contribution in [0, 0.1) is 6.92 Å². The van der Waals surface area contributed by atoms with Crippen molar-refractivity contribution in [3.05, 3.63) is 52.5 Å². The molecule has 10 heteroatoms. The molecule has 170 valence electrons. The maximum atomic E-state index is 12.2. The van der Waals surface area contributed by atoms with Crippen molar-refractivity contribution < 1.29 is 23.9 Å². The molecule has 0 aromatic heterocycles. The predicted molar refractivity (Wildman–Crippen MR) is 122 cm³/mol. The molecule has 32 heavy (non-hydrogen) atoms. The van der Waals surface area contributed by atoms with Gasteiger partial charge in [0.15, 0.2) is 18.1 Å². The van der Waals surface area contributed by atoms with Crippen LogP contribution >= 0.6 is 11.6 Å². The number of nitrogens with zero attached hydrogens (tertiary/aromatic N) is 1. The summed E-state index contributed by atoms with van der Waals surface area (Å²) in [6.07, 6.45) is 2.07. The van der Waals surface area contributed by atoms with Gasteiger partial charge in [0.1, 0.15) is 0 Å². The van der Waals surface area contributed by atoms with E-state index in [4.69, 9.17) is 21.1 Å². The van der Waals surface area contributed by atoms with Gasteiger partial charge in [0.2, 0.25) is 0 Å². The zero-order valence-corrected chi connectivity index (χ0v) is 18.8. The smallest absolute Gasteiger partial charge is 0.329 e. The van der Waals surface area contributed by atoms with Crippen LogP contribution in [-0.2, 0) is 14.4 Å². The Morgan fingerprint density at radius 2 is 1.91 bits per heavy atom. The fraction of sp³-hybridized carbons (Fsp3) is 0.273. The number of hydrogen-bond donors (Lipinski definition) is 3. The van der Waals surface area contributed by atoms with E-state index >= 15 is 0 Å². The number of anilines is 1. The second kappa shape index (κ2) is 12.3. The van der Waals surface area contributed by atoms with Crippen LogP contribution in [-0.4, -0.2) is 44.2 Å². The SMILES string of the molecule is CCCNC(=O)C(=O)N/N=C\c1ccc(OCC(=O)Nc2cccc(Cl)c2C)c(OC)c1. The van der Waals surface area contributed by atoms with Crippen molar-refractivity contribution in [3.63, 3.8) is 0 Å². The zero-order chi connectivity index (χ0) is 23.5. The van der Waals surface area contributed by atoms with Crippen LogP contribution in [0.1, 0.15) is 24.5 Å². The van der Waals surface area contributed by atoms with Crippen molar-refractivity contribution in [2.75, 3.05) is 25.6 Å². The summed E-state index contributed by atoms with van der Waals surface area (Å²) >= 11 is 6.06. The third-order valence-electron chi connectivity index (χ3n) is 4.21. The maximum absolute atomic E-state index is 12.2. The monoisotopic (exact) mass is 460 g/mol. The molecule has 0 radical (unpaired) electrons. The zero-order valence-electron chi connectivity index (χ0n) is 18.0. The van der Waals surface area contributed by atoms with Crippen molar-refractivity contribution in [1.29, 1.82) is 0 Å². The molecule has 2 rings (SSSR count). The molecule has 2 aromatic carbocycles. The normalized spacial score (nSPS) is 10.5. The number of rotatable bonds is 9. The highest BCUT2D eigenvalue weighted by molar-refractivity contribution is 6.35. The minimum atomic E-state index is -0.859. The molecule has 0 unspecified atom stereocenters. The molecule has 0 saturated carbocycles. The Hall–Kier alpha value is -3.59. The largest absolute Gasteiger partial charge is 0.493 e. The lowest BCUT2D eigenvalue weighted by Crippen LogP contribution is -2.38. The molecule has 3 amide bonds. The number of methoxy groups -OCH3 is 1. The van der Waals surface area contributed by atoms with Gasteiger partial charge in [0, 0.05) is 17.3 Å². The fourth-order valence-electron chi connectivity index (χ4n) is 2.49. The van der Waals surface area contributed by atoms with E-state index in [0.29, 0.717) is 34.3 Å². The summed E-state index contributed by atoms with van der Waals surface area (Å²) in [4.78, 5) is 35.3. The molecule has 9 nitrogen and oxygen atoms in total. The Morgan fingerprint density at radius 3 is 2.62 bits per heavy atom. The van der Waals surface area contributed by atoms with Crippen LogP contribution in [0.3, 0.4) is 0 Å². The Labute approximate surface area is 191 Å². The van der Waals surface area contributed by atoms with Gasteiger partial charge in [-0.1, -0.05) is 24.6 Å². The van der Waals surface area contributed by atoms with Crippen LogP contribution in [0.4, 0.5) is 5.69 Å². The van der Waals surface area contributed by atoms with Crippen LogP contribution < -0.4 is 25.5 Å². The van der Waals surface area contributed by atoms with Crippen molar-refractivity contribution in [2.45, 2.75) is 20.3 Å². The summed E-state index contributed by atoms with van der Waals surface area (Å²) in [6, 6.07) is 10.1. The first-order chi connectivity index (χ1) is 15.3. The number of nitrogens with one attached hydrogen (secondary N) is 3. The molecule has 0 spiro atoms. The first-order valence-electron chi connectivity index (χ1n) is 9.82. The van der Waals surface area contributed by atoms with E-state index in [1.807, 2.05) is 13.8 Å². The summed E-state index contributed by atoms with van der Waals surface area (Å²) in [6.45, 7) is 3.86. The van der Waals surface area contributed by atoms with E-state index in [1.165, 1.54) is 13.3 Å². The summed E-state index contributed by atoms with van der Waals surface area (Å²) in [5, 5.41) is 9.51. The molecule has 0 heterocycles. The maximum Gasteiger partial charge on any atom is 0.329 e. The number of amides is 3. The van der Waals surface area contributed by atoms with Crippen LogP contribution in [0.5, 0.6) is 11.5 Å². The molecule has 0 bridgehead atoms. The topological polar surface area (TPSA) is 118 Å². The minimum absolute atomic E-state index is 0.237. The predicted octanol–water partition coefficient (Wildman–Crippen LogP) is 2.65. The Morgan fingerprint density at radius 1 is 1.12 bits per heavy atom. The number of ether oxygens (including phenoxy) is 2. The highest BCUT2D eigenvalue weighted by atomic mass is 35.5. The van der Waals surface area contributed by atoms with Crippen molar-refractivity contribution >= 4 is 41.2 Å². The second-order valence-corrected chi connectivity index (χ2v) is 7.02. The first kappa shape index (κ1) is 24.7. The van der Waals surface area contributed by atoms with E-state index in [0.717, 1.165) is 12.0 Å². The molecule has 0 fully saturated rings. The van der Waals surface area contributed by atoms with Gasteiger partial charge in [0.05, 0.1) is 13.3 Å². The number of hydrazone groups is 1. The second-order valence-electron chi connectivity index (χ2n) is 6.61. The molecule has 0 aliphatic heterocycles. The summed E-state index contributed by atoms with van der Waals surface area (Å²) in [7, 11) is 1.46. The van der Waals surface area contributed by atoms with Gasteiger partial charge in [-0.25, -0.2) is 5.43 Å². The fourth-order valence-corrected chi connectivity index (χ4v) is 2.67. The Kier molecular flexibility index (Phi) is 9.49. The molecule has 0 aliphatic rings. The van der Waals surface area contributed by atoms with E-state index < -0.39 is 11.8 Å². The molecule has 2 aromatic rings. The van der Waals surface area contributed by atoms with Crippen LogP contribution in [0.2, 0.25) is 5.02 Å². The molecule has 3 N–H and O–H groups in total. The molecule has 0 aliphatic carbocycles. The number of hydrogen-bond acceptors (Lipinski definition) is 6. The van der Waals surface area contributed by atoms with Crippen LogP contribution in [0.15, 0.2) is 41.5 Å². The lowest BCUT2D eigenvalue weighted by atomic mass is 10.2. The Bertz CT molecular complexity index is 1010. The van der Waals surface area contributed by atoms with Gasteiger partial charge in [-0.3, -0.25) is 14.4 Å². The highest BCUT2D eigenvalue weighted by Crippen LogP contribution is 2.28. The molecule has 0 saturated heterocycles. The van der Waals surface area contributed by atoms with E-state index in [9.17, 15) is 14.4 Å². The standard InChI is InChI=1S/C22H25ClN4O5/c1-4-10-24-21(29)22(30)27-25-12-15-8-9-18(19(11-15)31-3)32-13-20(28)26-17-7-5-6-16(23)14(17)2/h5-9,11-12H,4,10,13H2,1-3H3,(H,24,29)(H,26,28)(H,27,30)/b25-12-. The number of halogens is 1. The van der Waals surface area contributed by atoms with Crippen LogP contribution in [0.25, 0.3) is 0 Å². The highest BCUT2D eigenvalue weighted by Gasteiger charge is 2.12. The number of benzene rings is 2. The third kappa shape index (κ3) is 7.28. The summed E-state index contributed by atoms with van der Waals surface area (Å²) < 4.78 is 10.9. The van der Waals surface area contributed by atoms with Gasteiger partial charge in [-0.2, -0.15) is 5.10 Å². The van der Waals surface area contributed by atoms with E-state index in [-0.39, 0.29) is 12.5 Å². The number of carbonyl (C=O) groups is 3. The molecule has 0 atom stereocenters. The van der Waals surface area contributed by atoms with Crippen molar-refractivity contribution in [2.24, 2.45) is 5.10 Å². The molecular formula is C22H25ClN4O5. The van der Waals surface area contributed by atoms with Gasteiger partial charge < -0.3 is 20.1 Å². The summed E-state index contributed by atoms with van der Waals surface area (Å²) in [5.41, 5.74) is 4.10. The first-order valence-corrected chi connectivity index (χ1v) is 10.2. The minimum Gasteiger partial charge on any atom is -0.493 e. The average Bonchev–Trinajstić information content (AvgIpc) is 2.79. The Balaban J connectivity index is 1.93. The quantitative estimate of drug-likeness (QED) is 0.302. The number of carbonyl (C=O) groups excluding carboxylic acids is 3. The average molecular weight is 461 g/mol. The van der Waals surface area contributed by atoms with Crippen molar-refractivity contribution in [1.82, 2.24) is 10.7 Å². The van der Waals surface area contributed by atoms with Gasteiger partial charge in [0.25, 0.3) is 5.91 Å². The lowest BCUT2D eigenvalue weighted by Gasteiger charge is -2.12. The van der Waals surface area contributed by atoms with E-state index in [1.54, 1.807) is 36.4 Å². The van der Waals surface area contributed by atoms with E-state index in [2.05, 4.69) is 21.2 Å². The molecular weight excluding hydrogens is 436 g/mol. The lowest BCUT2D eigenvalue weighted by molar-refractivity contribution is -0.139. The van der Waals surface area contributed by atoms with Crippen molar-refractivity contribution in [3.8, 4) is 11.5 Å². The summed E-state index contributed by atoms with van der Waals surface area (Å²) in [5.74, 6) is -1.25. The van der Waals surface area contributed by atoms with Gasteiger partial charge in [-0.05, 0) is 54.8 Å². The van der Waals surface area contributed by atoms with Gasteiger partial charge >= 0.3 is 11.8 Å².